The number of hydrogen-bond donors (Lipinski definition) is 1. The van der Waals surface area contributed by atoms with Gasteiger partial charge in [0.2, 0.25) is 0 Å². The molecule has 1 aromatic carbocycles. The molecule has 0 heterocycles. The summed E-state index contributed by atoms with van der Waals surface area (Å²) in [6.07, 6.45) is 0.870. The molecule has 0 aromatic heterocycles. The van der Waals surface area contributed by atoms with Crippen LogP contribution in [-0.2, 0) is 6.42 Å². The molecule has 18 heavy (non-hydrogen) atoms. The fraction of sp³-hybridized carbons (Fsp3) is 0.600. The average molecular weight is 272 g/mol. The van der Waals surface area contributed by atoms with E-state index in [0.717, 1.165) is 12.2 Å². The molecule has 0 aliphatic heterocycles. The molecule has 2 nitrogen and oxygen atoms in total. The van der Waals surface area contributed by atoms with Crippen molar-refractivity contribution < 1.29 is 4.74 Å². The Labute approximate surface area is 117 Å². The topological polar surface area (TPSA) is 35.2 Å². The van der Waals surface area contributed by atoms with Crippen molar-refractivity contribution in [1.29, 1.82) is 0 Å². The highest BCUT2D eigenvalue weighted by molar-refractivity contribution is 5.85. The Morgan fingerprint density at radius 1 is 1.22 bits per heavy atom. The highest BCUT2D eigenvalue weighted by Gasteiger charge is 2.12. The van der Waals surface area contributed by atoms with E-state index in [2.05, 4.69) is 32.9 Å². The fourth-order valence-electron chi connectivity index (χ4n) is 2.16. The molecule has 104 valence electrons. The third kappa shape index (κ3) is 4.51. The minimum absolute atomic E-state index is 0. The van der Waals surface area contributed by atoms with Crippen molar-refractivity contribution >= 4 is 12.4 Å². The molecule has 2 N–H and O–H groups in total. The van der Waals surface area contributed by atoms with Crippen LogP contribution in [0.25, 0.3) is 0 Å². The van der Waals surface area contributed by atoms with Crippen LogP contribution in [0.5, 0.6) is 5.75 Å². The molecule has 1 rings (SSSR count). The maximum absolute atomic E-state index is 5.90. The van der Waals surface area contributed by atoms with Crippen molar-refractivity contribution in [1.82, 2.24) is 0 Å². The van der Waals surface area contributed by atoms with Crippen molar-refractivity contribution in [3.05, 3.63) is 28.8 Å². The summed E-state index contributed by atoms with van der Waals surface area (Å²) in [4.78, 5) is 0. The Morgan fingerprint density at radius 3 is 2.28 bits per heavy atom. The molecule has 0 aliphatic rings. The minimum Gasteiger partial charge on any atom is -0.494 e. The number of rotatable bonds is 5. The second kappa shape index (κ2) is 7.65. The third-order valence-electron chi connectivity index (χ3n) is 2.91. The van der Waals surface area contributed by atoms with Gasteiger partial charge < -0.3 is 10.5 Å². The Hall–Kier alpha value is -0.730. The van der Waals surface area contributed by atoms with E-state index in [-0.39, 0.29) is 18.4 Å². The van der Waals surface area contributed by atoms with Crippen LogP contribution < -0.4 is 10.5 Å². The van der Waals surface area contributed by atoms with Gasteiger partial charge in [-0.2, -0.15) is 0 Å². The number of hydrogen-bond acceptors (Lipinski definition) is 2. The van der Waals surface area contributed by atoms with Crippen LogP contribution in [0.2, 0.25) is 0 Å². The Morgan fingerprint density at radius 2 is 1.83 bits per heavy atom. The summed E-state index contributed by atoms with van der Waals surface area (Å²) in [6.45, 7) is 11.3. The molecule has 1 aromatic rings. The van der Waals surface area contributed by atoms with Gasteiger partial charge in [0.05, 0.1) is 6.61 Å². The van der Waals surface area contributed by atoms with E-state index in [1.807, 2.05) is 13.8 Å². The molecule has 3 heteroatoms. The zero-order valence-electron chi connectivity index (χ0n) is 12.1. The summed E-state index contributed by atoms with van der Waals surface area (Å²) < 4.78 is 5.70. The molecule has 0 fully saturated rings. The first-order valence-electron chi connectivity index (χ1n) is 6.47. The molecular weight excluding hydrogens is 246 g/mol. The number of benzene rings is 1. The first-order chi connectivity index (χ1) is 7.95. The van der Waals surface area contributed by atoms with E-state index in [0.29, 0.717) is 12.5 Å². The molecule has 0 spiro atoms. The minimum atomic E-state index is 0. The molecule has 1 unspecified atom stereocenters. The van der Waals surface area contributed by atoms with Crippen molar-refractivity contribution in [3.63, 3.8) is 0 Å². The zero-order valence-corrected chi connectivity index (χ0v) is 12.9. The fourth-order valence-corrected chi connectivity index (χ4v) is 2.16. The van der Waals surface area contributed by atoms with Gasteiger partial charge in [-0.15, -0.1) is 12.4 Å². The van der Waals surface area contributed by atoms with Crippen LogP contribution in [-0.4, -0.2) is 12.6 Å². The molecule has 0 aliphatic carbocycles. The lowest BCUT2D eigenvalue weighted by Gasteiger charge is -2.18. The Balaban J connectivity index is 0.00000289. The van der Waals surface area contributed by atoms with Crippen molar-refractivity contribution in [2.75, 3.05) is 6.61 Å². The van der Waals surface area contributed by atoms with Gasteiger partial charge in [0.1, 0.15) is 5.75 Å². The molecule has 1 atom stereocenters. The zero-order chi connectivity index (χ0) is 13.0. The normalized spacial score (nSPS) is 12.2. The maximum Gasteiger partial charge on any atom is 0.122 e. The predicted octanol–water partition coefficient (Wildman–Crippen LogP) is 3.83. The smallest absolute Gasteiger partial charge is 0.122 e. The molecular formula is C15H26ClNO. The van der Waals surface area contributed by atoms with Crippen molar-refractivity contribution in [2.24, 2.45) is 5.73 Å². The molecule has 0 amide bonds. The lowest BCUT2D eigenvalue weighted by atomic mass is 9.93. The molecule has 0 bridgehead atoms. The second-order valence-corrected chi connectivity index (χ2v) is 5.09. The van der Waals surface area contributed by atoms with E-state index in [1.54, 1.807) is 0 Å². The van der Waals surface area contributed by atoms with Gasteiger partial charge in [-0.25, -0.2) is 0 Å². The van der Waals surface area contributed by atoms with Crippen LogP contribution >= 0.6 is 12.4 Å². The number of nitrogens with two attached hydrogens (primary N) is 1. The van der Waals surface area contributed by atoms with Crippen molar-refractivity contribution in [3.8, 4) is 5.75 Å². The number of ether oxygens (including phenoxy) is 1. The van der Waals surface area contributed by atoms with Crippen LogP contribution in [0, 0.1) is 6.92 Å². The second-order valence-electron chi connectivity index (χ2n) is 5.09. The van der Waals surface area contributed by atoms with E-state index >= 15 is 0 Å². The van der Waals surface area contributed by atoms with Gasteiger partial charge in [0.15, 0.2) is 0 Å². The van der Waals surface area contributed by atoms with Gasteiger partial charge in [-0.1, -0.05) is 19.9 Å². The first kappa shape index (κ1) is 17.3. The van der Waals surface area contributed by atoms with Gasteiger partial charge in [-0.3, -0.25) is 0 Å². The van der Waals surface area contributed by atoms with E-state index in [4.69, 9.17) is 10.5 Å². The third-order valence-corrected chi connectivity index (χ3v) is 2.91. The summed E-state index contributed by atoms with van der Waals surface area (Å²) >= 11 is 0. The largest absolute Gasteiger partial charge is 0.494 e. The number of aryl methyl sites for hydroxylation is 1. The number of halogens is 1. The highest BCUT2D eigenvalue weighted by atomic mass is 35.5. The van der Waals surface area contributed by atoms with Crippen LogP contribution in [0.4, 0.5) is 0 Å². The Kier molecular flexibility index (Phi) is 7.34. The predicted molar refractivity (Wildman–Crippen MR) is 81.0 cm³/mol. The standard InChI is InChI=1S/C15H25NO.ClH/c1-6-17-15-7-11(4)14(10(2)3)9-13(15)8-12(5)16;/h7,9-10,12H,6,8,16H2,1-5H3;1H. The summed E-state index contributed by atoms with van der Waals surface area (Å²) in [5.74, 6) is 1.53. The van der Waals surface area contributed by atoms with Crippen LogP contribution in [0.1, 0.15) is 50.3 Å². The van der Waals surface area contributed by atoms with Gasteiger partial charge in [0.25, 0.3) is 0 Å². The SMILES string of the molecule is CCOc1cc(C)c(C(C)C)cc1CC(C)N.Cl. The van der Waals surface area contributed by atoms with E-state index in [1.165, 1.54) is 16.7 Å². The molecule has 0 saturated carbocycles. The highest BCUT2D eigenvalue weighted by Crippen LogP contribution is 2.28. The van der Waals surface area contributed by atoms with Crippen molar-refractivity contribution in [2.45, 2.75) is 53.0 Å². The van der Waals surface area contributed by atoms with E-state index < -0.39 is 0 Å². The van der Waals surface area contributed by atoms with Crippen LogP contribution in [0.15, 0.2) is 12.1 Å². The first-order valence-corrected chi connectivity index (χ1v) is 6.47. The lowest BCUT2D eigenvalue weighted by Crippen LogP contribution is -2.18. The van der Waals surface area contributed by atoms with Gasteiger partial charge in [0, 0.05) is 6.04 Å². The van der Waals surface area contributed by atoms with E-state index in [9.17, 15) is 0 Å². The molecule has 0 saturated heterocycles. The lowest BCUT2D eigenvalue weighted by molar-refractivity contribution is 0.335. The monoisotopic (exact) mass is 271 g/mol. The summed E-state index contributed by atoms with van der Waals surface area (Å²) in [5.41, 5.74) is 9.83. The van der Waals surface area contributed by atoms with Gasteiger partial charge >= 0.3 is 0 Å². The molecule has 0 radical (unpaired) electrons. The average Bonchev–Trinajstić information content (AvgIpc) is 2.21. The maximum atomic E-state index is 5.90. The summed E-state index contributed by atoms with van der Waals surface area (Å²) in [5, 5.41) is 0. The Bertz CT molecular complexity index is 375. The van der Waals surface area contributed by atoms with Gasteiger partial charge in [-0.05, 0) is 55.9 Å². The quantitative estimate of drug-likeness (QED) is 0.883. The van der Waals surface area contributed by atoms with Crippen LogP contribution in [0.3, 0.4) is 0 Å². The summed E-state index contributed by atoms with van der Waals surface area (Å²) in [7, 11) is 0. The summed E-state index contributed by atoms with van der Waals surface area (Å²) in [6, 6.07) is 4.57.